The summed E-state index contributed by atoms with van der Waals surface area (Å²) < 4.78 is 27.3. The van der Waals surface area contributed by atoms with E-state index in [1.54, 1.807) is 6.07 Å². The normalized spacial score (nSPS) is 14.5. The van der Waals surface area contributed by atoms with E-state index in [0.717, 1.165) is 19.4 Å². The van der Waals surface area contributed by atoms with Crippen molar-refractivity contribution in [1.82, 2.24) is 0 Å². The van der Waals surface area contributed by atoms with Crippen LogP contribution in [0.2, 0.25) is 0 Å². The van der Waals surface area contributed by atoms with E-state index in [4.69, 9.17) is 5.26 Å². The van der Waals surface area contributed by atoms with Crippen LogP contribution in [0.3, 0.4) is 0 Å². The zero-order valence-corrected chi connectivity index (χ0v) is 9.71. The van der Waals surface area contributed by atoms with Gasteiger partial charge in [-0.3, -0.25) is 0 Å². The fraction of sp³-hybridized carbons (Fsp3) is 0.462. The lowest BCUT2D eigenvalue weighted by Crippen LogP contribution is -2.26. The van der Waals surface area contributed by atoms with Crippen molar-refractivity contribution in [3.8, 4) is 6.07 Å². The van der Waals surface area contributed by atoms with Gasteiger partial charge in [-0.05, 0) is 37.8 Å². The molecular weight excluding hydrogens is 222 g/mol. The molecule has 0 bridgehead atoms. The number of rotatable bonds is 4. The fourth-order valence-electron chi connectivity index (χ4n) is 1.88. The van der Waals surface area contributed by atoms with Crippen molar-refractivity contribution < 1.29 is 8.78 Å². The lowest BCUT2D eigenvalue weighted by atomic mass is 10.1. The molecule has 0 N–H and O–H groups in total. The SMILES string of the molecule is CCN(CC1CC1)c1ccc(C#N)c(F)c1F. The molecule has 17 heavy (non-hydrogen) atoms. The first-order valence-corrected chi connectivity index (χ1v) is 5.80. The molecule has 0 aromatic heterocycles. The van der Waals surface area contributed by atoms with E-state index in [9.17, 15) is 8.78 Å². The summed E-state index contributed by atoms with van der Waals surface area (Å²) in [6, 6.07) is 4.47. The summed E-state index contributed by atoms with van der Waals surface area (Å²) in [7, 11) is 0. The maximum Gasteiger partial charge on any atom is 0.183 e. The third-order valence-corrected chi connectivity index (χ3v) is 3.08. The van der Waals surface area contributed by atoms with E-state index in [0.29, 0.717) is 12.5 Å². The third-order valence-electron chi connectivity index (χ3n) is 3.08. The van der Waals surface area contributed by atoms with Gasteiger partial charge in [0.05, 0.1) is 11.3 Å². The molecule has 1 saturated carbocycles. The molecule has 0 amide bonds. The van der Waals surface area contributed by atoms with Gasteiger partial charge in [0.2, 0.25) is 0 Å². The van der Waals surface area contributed by atoms with Gasteiger partial charge in [-0.25, -0.2) is 8.78 Å². The molecule has 1 aliphatic carbocycles. The Bertz CT molecular complexity index is 461. The van der Waals surface area contributed by atoms with Gasteiger partial charge in [-0.15, -0.1) is 0 Å². The zero-order chi connectivity index (χ0) is 12.4. The molecule has 90 valence electrons. The number of nitrogens with zero attached hydrogens (tertiary/aromatic N) is 2. The monoisotopic (exact) mass is 236 g/mol. The van der Waals surface area contributed by atoms with E-state index < -0.39 is 11.6 Å². The fourth-order valence-corrected chi connectivity index (χ4v) is 1.88. The number of anilines is 1. The van der Waals surface area contributed by atoms with E-state index >= 15 is 0 Å². The molecule has 2 rings (SSSR count). The second-order valence-corrected chi connectivity index (χ2v) is 4.35. The Labute approximate surface area is 99.5 Å². The molecule has 0 aliphatic heterocycles. The van der Waals surface area contributed by atoms with Crippen LogP contribution in [0.5, 0.6) is 0 Å². The van der Waals surface area contributed by atoms with Crippen LogP contribution < -0.4 is 4.90 Å². The van der Waals surface area contributed by atoms with Gasteiger partial charge in [0.25, 0.3) is 0 Å². The maximum atomic E-state index is 13.8. The lowest BCUT2D eigenvalue weighted by Gasteiger charge is -2.23. The highest BCUT2D eigenvalue weighted by atomic mass is 19.2. The number of nitriles is 1. The molecule has 1 aliphatic rings. The largest absolute Gasteiger partial charge is 0.369 e. The average molecular weight is 236 g/mol. The van der Waals surface area contributed by atoms with Crippen molar-refractivity contribution in [3.63, 3.8) is 0 Å². The Morgan fingerprint density at radius 2 is 2.06 bits per heavy atom. The van der Waals surface area contributed by atoms with Crippen molar-refractivity contribution in [1.29, 1.82) is 5.26 Å². The first-order valence-electron chi connectivity index (χ1n) is 5.80. The summed E-state index contributed by atoms with van der Waals surface area (Å²) in [5.41, 5.74) is 0.0182. The summed E-state index contributed by atoms with van der Waals surface area (Å²) in [6.07, 6.45) is 2.33. The highest BCUT2D eigenvalue weighted by Crippen LogP contribution is 2.32. The van der Waals surface area contributed by atoms with Crippen molar-refractivity contribution in [3.05, 3.63) is 29.3 Å². The minimum Gasteiger partial charge on any atom is -0.369 e. The minimum absolute atomic E-state index is 0.242. The van der Waals surface area contributed by atoms with Crippen molar-refractivity contribution in [2.24, 2.45) is 5.92 Å². The molecule has 2 nitrogen and oxygen atoms in total. The Kier molecular flexibility index (Phi) is 3.28. The van der Waals surface area contributed by atoms with Crippen LogP contribution in [0.15, 0.2) is 12.1 Å². The Balaban J connectivity index is 2.30. The van der Waals surface area contributed by atoms with Crippen LogP contribution in [0.1, 0.15) is 25.3 Å². The van der Waals surface area contributed by atoms with Crippen molar-refractivity contribution in [2.45, 2.75) is 19.8 Å². The van der Waals surface area contributed by atoms with Gasteiger partial charge in [0.1, 0.15) is 6.07 Å². The first kappa shape index (κ1) is 11.8. The standard InChI is InChI=1S/C13H14F2N2/c1-2-17(8-9-3-4-9)11-6-5-10(7-16)12(14)13(11)15/h5-6,9H,2-4,8H2,1H3. The molecule has 0 radical (unpaired) electrons. The van der Waals surface area contributed by atoms with Crippen LogP contribution in [-0.2, 0) is 0 Å². The quantitative estimate of drug-likeness (QED) is 0.803. The zero-order valence-electron chi connectivity index (χ0n) is 9.71. The molecule has 0 atom stereocenters. The van der Waals surface area contributed by atoms with E-state index in [-0.39, 0.29) is 11.3 Å². The Morgan fingerprint density at radius 1 is 1.35 bits per heavy atom. The smallest absolute Gasteiger partial charge is 0.183 e. The highest BCUT2D eigenvalue weighted by molar-refractivity contribution is 5.52. The number of halogens is 2. The van der Waals surface area contributed by atoms with Crippen molar-refractivity contribution in [2.75, 3.05) is 18.0 Å². The predicted octanol–water partition coefficient (Wildman–Crippen LogP) is 3.07. The molecule has 0 spiro atoms. The molecule has 4 heteroatoms. The number of hydrogen-bond acceptors (Lipinski definition) is 2. The maximum absolute atomic E-state index is 13.8. The molecule has 1 aromatic rings. The van der Waals surface area contributed by atoms with Gasteiger partial charge >= 0.3 is 0 Å². The summed E-state index contributed by atoms with van der Waals surface area (Å²) in [4.78, 5) is 1.83. The first-order chi connectivity index (χ1) is 8.17. The minimum atomic E-state index is -1.04. The Hall–Kier alpha value is -1.63. The third kappa shape index (κ3) is 2.38. The Morgan fingerprint density at radius 3 is 2.59 bits per heavy atom. The van der Waals surface area contributed by atoms with Crippen LogP contribution in [0, 0.1) is 28.9 Å². The summed E-state index contributed by atoms with van der Waals surface area (Å²) in [5, 5.41) is 8.61. The van der Waals surface area contributed by atoms with Gasteiger partial charge in [-0.1, -0.05) is 0 Å². The summed E-state index contributed by atoms with van der Waals surface area (Å²) >= 11 is 0. The van der Waals surface area contributed by atoms with E-state index in [1.807, 2.05) is 11.8 Å². The molecule has 0 heterocycles. The van der Waals surface area contributed by atoms with Crippen LogP contribution >= 0.6 is 0 Å². The lowest BCUT2D eigenvalue weighted by molar-refractivity contribution is 0.503. The summed E-state index contributed by atoms with van der Waals surface area (Å²) in [5.74, 6) is -1.35. The second kappa shape index (κ2) is 4.70. The van der Waals surface area contributed by atoms with Gasteiger partial charge in [0.15, 0.2) is 11.6 Å². The molecule has 0 unspecified atom stereocenters. The molecule has 1 fully saturated rings. The number of benzene rings is 1. The molecular formula is C13H14F2N2. The van der Waals surface area contributed by atoms with Crippen LogP contribution in [0.4, 0.5) is 14.5 Å². The van der Waals surface area contributed by atoms with Gasteiger partial charge in [-0.2, -0.15) is 5.26 Å². The van der Waals surface area contributed by atoms with Crippen molar-refractivity contribution >= 4 is 5.69 Å². The summed E-state index contributed by atoms with van der Waals surface area (Å²) in [6.45, 7) is 3.31. The van der Waals surface area contributed by atoms with Crippen LogP contribution in [0.25, 0.3) is 0 Å². The van der Waals surface area contributed by atoms with Gasteiger partial charge in [0, 0.05) is 13.1 Å². The topological polar surface area (TPSA) is 27.0 Å². The highest BCUT2D eigenvalue weighted by Gasteiger charge is 2.26. The second-order valence-electron chi connectivity index (χ2n) is 4.35. The predicted molar refractivity (Wildman–Crippen MR) is 61.7 cm³/mol. The van der Waals surface area contributed by atoms with E-state index in [2.05, 4.69) is 0 Å². The molecule has 1 aromatic carbocycles. The van der Waals surface area contributed by atoms with Crippen LogP contribution in [-0.4, -0.2) is 13.1 Å². The van der Waals surface area contributed by atoms with Gasteiger partial charge < -0.3 is 4.90 Å². The number of hydrogen-bond donors (Lipinski definition) is 0. The van der Waals surface area contributed by atoms with E-state index in [1.165, 1.54) is 12.1 Å². The molecule has 0 saturated heterocycles. The average Bonchev–Trinajstić information content (AvgIpc) is 3.14.